The number of amides is 1. The molecule has 1 heterocycles. The van der Waals surface area contributed by atoms with Crippen molar-refractivity contribution in [3.05, 3.63) is 76.3 Å². The van der Waals surface area contributed by atoms with Crippen LogP contribution in [-0.4, -0.2) is 10.5 Å². The molecule has 0 spiro atoms. The van der Waals surface area contributed by atoms with Gasteiger partial charge in [0, 0.05) is 18.1 Å². The molecule has 0 radical (unpaired) electrons. The van der Waals surface area contributed by atoms with Crippen molar-refractivity contribution in [1.29, 1.82) is 0 Å². The van der Waals surface area contributed by atoms with Crippen molar-refractivity contribution in [3.63, 3.8) is 0 Å². The number of anilines is 1. The second-order valence-electron chi connectivity index (χ2n) is 5.11. The lowest BCUT2D eigenvalue weighted by molar-refractivity contribution is 0.102. The van der Waals surface area contributed by atoms with E-state index >= 15 is 0 Å². The third kappa shape index (κ3) is 2.73. The molecular weight excluding hydrogens is 295 g/mol. The Morgan fingerprint density at radius 1 is 1.13 bits per heavy atom. The SMILES string of the molecule is CCn1cc(C(=O)Nc2ccccc2F)c(=O)c2ccccc21. The standard InChI is InChI=1S/C18H15FN2O2/c1-2-21-11-13(17(22)12-7-3-6-10-16(12)21)18(23)20-15-9-5-4-8-14(15)19/h3-11H,2H2,1H3,(H,20,23). The van der Waals surface area contributed by atoms with Gasteiger partial charge in [0.05, 0.1) is 11.2 Å². The maximum atomic E-state index is 13.7. The van der Waals surface area contributed by atoms with E-state index in [1.807, 2.05) is 23.6 Å². The Hall–Kier alpha value is -2.95. The van der Waals surface area contributed by atoms with E-state index in [2.05, 4.69) is 5.32 Å². The molecule has 4 nitrogen and oxygen atoms in total. The highest BCUT2D eigenvalue weighted by Gasteiger charge is 2.16. The Bertz CT molecular complexity index is 947. The van der Waals surface area contributed by atoms with E-state index in [0.29, 0.717) is 11.9 Å². The van der Waals surface area contributed by atoms with Crippen LogP contribution in [0.1, 0.15) is 17.3 Å². The van der Waals surface area contributed by atoms with Crippen LogP contribution >= 0.6 is 0 Å². The van der Waals surface area contributed by atoms with Crippen LogP contribution in [0.15, 0.2) is 59.5 Å². The van der Waals surface area contributed by atoms with Crippen molar-refractivity contribution < 1.29 is 9.18 Å². The van der Waals surface area contributed by atoms with E-state index in [1.165, 1.54) is 24.4 Å². The van der Waals surface area contributed by atoms with Crippen LogP contribution in [0.2, 0.25) is 0 Å². The first kappa shape index (κ1) is 15.0. The normalized spacial score (nSPS) is 10.7. The van der Waals surface area contributed by atoms with Gasteiger partial charge in [0.25, 0.3) is 5.91 Å². The summed E-state index contributed by atoms with van der Waals surface area (Å²) < 4.78 is 15.5. The number of aromatic nitrogens is 1. The minimum absolute atomic E-state index is 0.00574. The van der Waals surface area contributed by atoms with Crippen molar-refractivity contribution in [2.75, 3.05) is 5.32 Å². The smallest absolute Gasteiger partial charge is 0.261 e. The van der Waals surface area contributed by atoms with E-state index in [4.69, 9.17) is 0 Å². The van der Waals surface area contributed by atoms with Crippen LogP contribution in [0.3, 0.4) is 0 Å². The molecule has 3 aromatic rings. The summed E-state index contributed by atoms with van der Waals surface area (Å²) >= 11 is 0. The van der Waals surface area contributed by atoms with Crippen molar-refractivity contribution >= 4 is 22.5 Å². The zero-order valence-electron chi connectivity index (χ0n) is 12.5. The van der Waals surface area contributed by atoms with Crippen molar-refractivity contribution in [1.82, 2.24) is 4.57 Å². The highest BCUT2D eigenvalue weighted by atomic mass is 19.1. The van der Waals surface area contributed by atoms with Crippen LogP contribution in [0.25, 0.3) is 10.9 Å². The number of para-hydroxylation sites is 2. The van der Waals surface area contributed by atoms with Crippen LogP contribution in [0, 0.1) is 5.82 Å². The summed E-state index contributed by atoms with van der Waals surface area (Å²) in [5.41, 5.74) is 0.448. The van der Waals surface area contributed by atoms with Crippen molar-refractivity contribution in [2.24, 2.45) is 0 Å². The number of nitrogens with zero attached hydrogens (tertiary/aromatic N) is 1. The highest BCUT2D eigenvalue weighted by molar-refractivity contribution is 6.05. The van der Waals surface area contributed by atoms with Gasteiger partial charge in [-0.3, -0.25) is 9.59 Å². The van der Waals surface area contributed by atoms with Gasteiger partial charge in [-0.05, 0) is 31.2 Å². The van der Waals surface area contributed by atoms with Crippen molar-refractivity contribution in [2.45, 2.75) is 13.5 Å². The van der Waals surface area contributed by atoms with E-state index < -0.39 is 11.7 Å². The number of hydrogen-bond acceptors (Lipinski definition) is 2. The van der Waals surface area contributed by atoms with Crippen LogP contribution in [0.4, 0.5) is 10.1 Å². The molecular formula is C18H15FN2O2. The molecule has 3 rings (SSSR count). The number of aryl methyl sites for hydroxylation is 1. The Balaban J connectivity index is 2.09. The van der Waals surface area contributed by atoms with Gasteiger partial charge in [0.1, 0.15) is 11.4 Å². The molecule has 1 aromatic heterocycles. The van der Waals surface area contributed by atoms with Crippen molar-refractivity contribution in [3.8, 4) is 0 Å². The van der Waals surface area contributed by atoms with E-state index in [1.54, 1.807) is 18.2 Å². The maximum absolute atomic E-state index is 13.7. The summed E-state index contributed by atoms with van der Waals surface area (Å²) in [6, 6.07) is 13.0. The van der Waals surface area contributed by atoms with Gasteiger partial charge < -0.3 is 9.88 Å². The number of fused-ring (bicyclic) bond motifs is 1. The Kier molecular flexibility index (Phi) is 3.93. The molecule has 0 saturated carbocycles. The first-order valence-electron chi connectivity index (χ1n) is 7.30. The fraction of sp³-hybridized carbons (Fsp3) is 0.111. The predicted molar refractivity (Wildman–Crippen MR) is 88.2 cm³/mol. The average molecular weight is 310 g/mol. The summed E-state index contributed by atoms with van der Waals surface area (Å²) in [7, 11) is 0. The number of hydrogen-bond donors (Lipinski definition) is 1. The molecule has 0 fully saturated rings. The fourth-order valence-electron chi connectivity index (χ4n) is 2.52. The number of nitrogens with one attached hydrogen (secondary N) is 1. The lowest BCUT2D eigenvalue weighted by atomic mass is 10.1. The molecule has 5 heteroatoms. The number of carbonyl (C=O) groups excluding carboxylic acids is 1. The van der Waals surface area contributed by atoms with Gasteiger partial charge in [0.2, 0.25) is 5.43 Å². The largest absolute Gasteiger partial charge is 0.347 e. The zero-order chi connectivity index (χ0) is 16.4. The summed E-state index contributed by atoms with van der Waals surface area (Å²) in [4.78, 5) is 25.0. The Morgan fingerprint density at radius 3 is 2.57 bits per heavy atom. The molecule has 1 N–H and O–H groups in total. The molecule has 0 bridgehead atoms. The summed E-state index contributed by atoms with van der Waals surface area (Å²) in [6.07, 6.45) is 1.51. The van der Waals surface area contributed by atoms with Gasteiger partial charge >= 0.3 is 0 Å². The molecule has 0 aliphatic carbocycles. The number of carbonyl (C=O) groups is 1. The summed E-state index contributed by atoms with van der Waals surface area (Å²) in [5.74, 6) is -1.16. The maximum Gasteiger partial charge on any atom is 0.261 e. The van der Waals surface area contributed by atoms with Gasteiger partial charge in [-0.1, -0.05) is 24.3 Å². The van der Waals surface area contributed by atoms with Crippen LogP contribution in [-0.2, 0) is 6.54 Å². The highest BCUT2D eigenvalue weighted by Crippen LogP contribution is 2.15. The molecule has 0 unspecified atom stereocenters. The van der Waals surface area contributed by atoms with E-state index in [9.17, 15) is 14.0 Å². The Morgan fingerprint density at radius 2 is 1.83 bits per heavy atom. The minimum Gasteiger partial charge on any atom is -0.347 e. The second kappa shape index (κ2) is 6.04. The predicted octanol–water partition coefficient (Wildman–Crippen LogP) is 3.41. The minimum atomic E-state index is -0.618. The summed E-state index contributed by atoms with van der Waals surface area (Å²) in [5, 5.41) is 2.92. The lowest BCUT2D eigenvalue weighted by Crippen LogP contribution is -2.24. The molecule has 1 amide bonds. The van der Waals surface area contributed by atoms with E-state index in [0.717, 1.165) is 5.52 Å². The first-order valence-corrected chi connectivity index (χ1v) is 7.30. The molecule has 0 saturated heterocycles. The fourth-order valence-corrected chi connectivity index (χ4v) is 2.52. The van der Waals surface area contributed by atoms with Gasteiger partial charge in [0.15, 0.2) is 0 Å². The molecule has 23 heavy (non-hydrogen) atoms. The third-order valence-corrected chi connectivity index (χ3v) is 3.70. The molecule has 0 aliphatic rings. The number of pyridine rings is 1. The first-order chi connectivity index (χ1) is 11.1. The number of benzene rings is 2. The summed E-state index contributed by atoms with van der Waals surface area (Å²) in [6.45, 7) is 2.54. The monoisotopic (exact) mass is 310 g/mol. The van der Waals surface area contributed by atoms with Crippen LogP contribution < -0.4 is 10.7 Å². The van der Waals surface area contributed by atoms with Gasteiger partial charge in [-0.2, -0.15) is 0 Å². The van der Waals surface area contributed by atoms with Gasteiger partial charge in [-0.15, -0.1) is 0 Å². The zero-order valence-corrected chi connectivity index (χ0v) is 12.5. The Labute approximate surface area is 132 Å². The quantitative estimate of drug-likeness (QED) is 0.806. The third-order valence-electron chi connectivity index (χ3n) is 3.70. The average Bonchev–Trinajstić information content (AvgIpc) is 2.57. The molecule has 0 aliphatic heterocycles. The molecule has 2 aromatic carbocycles. The number of rotatable bonds is 3. The molecule has 0 atom stereocenters. The second-order valence-corrected chi connectivity index (χ2v) is 5.11. The lowest BCUT2D eigenvalue weighted by Gasteiger charge is -2.12. The molecule has 116 valence electrons. The van der Waals surface area contributed by atoms with Gasteiger partial charge in [-0.25, -0.2) is 4.39 Å². The topological polar surface area (TPSA) is 51.1 Å². The van der Waals surface area contributed by atoms with E-state index in [-0.39, 0.29) is 16.7 Å². The van der Waals surface area contributed by atoms with Crippen LogP contribution in [0.5, 0.6) is 0 Å². The number of halogens is 1.